The average molecular weight is 304 g/mol. The van der Waals surface area contributed by atoms with Crippen molar-refractivity contribution in [1.82, 2.24) is 10.3 Å². The van der Waals surface area contributed by atoms with Gasteiger partial charge in [0.25, 0.3) is 0 Å². The van der Waals surface area contributed by atoms with E-state index >= 15 is 0 Å². The molecule has 0 saturated heterocycles. The summed E-state index contributed by atoms with van der Waals surface area (Å²) in [4.78, 5) is 27.0. The lowest BCUT2D eigenvalue weighted by molar-refractivity contribution is 0.0599. The summed E-state index contributed by atoms with van der Waals surface area (Å²) >= 11 is 0. The first-order valence-corrected chi connectivity index (χ1v) is 7.03. The summed E-state index contributed by atoms with van der Waals surface area (Å²) in [5.41, 5.74) is 2.09. The van der Waals surface area contributed by atoms with Crippen molar-refractivity contribution in [1.29, 1.82) is 0 Å². The molecule has 0 unspecified atom stereocenters. The summed E-state index contributed by atoms with van der Waals surface area (Å²) in [6, 6.07) is 3.58. The third-order valence-electron chi connectivity index (χ3n) is 3.64. The molecule has 0 aliphatic heterocycles. The number of hydrogen-bond donors (Lipinski definition) is 2. The fourth-order valence-electron chi connectivity index (χ4n) is 2.41. The largest absolute Gasteiger partial charge is 0.468 e. The molecule has 6 heteroatoms. The van der Waals surface area contributed by atoms with E-state index in [1.807, 2.05) is 13.0 Å². The number of rotatable bonds is 6. The first kappa shape index (κ1) is 16.0. The van der Waals surface area contributed by atoms with Gasteiger partial charge in [-0.15, -0.1) is 0 Å². The maximum atomic E-state index is 12.3. The Morgan fingerprint density at radius 1 is 1.41 bits per heavy atom. The molecule has 2 N–H and O–H groups in total. The fraction of sp³-hybridized carbons (Fsp3) is 0.375. The molecule has 0 aromatic carbocycles. The van der Waals surface area contributed by atoms with E-state index in [4.69, 9.17) is 9.15 Å². The molecular weight excluding hydrogens is 284 g/mol. The normalized spacial score (nSPS) is 12.2. The van der Waals surface area contributed by atoms with E-state index in [1.165, 1.54) is 7.11 Å². The van der Waals surface area contributed by atoms with Crippen LogP contribution in [0.15, 0.2) is 22.8 Å². The van der Waals surface area contributed by atoms with Gasteiger partial charge < -0.3 is 19.5 Å². The van der Waals surface area contributed by atoms with Crippen LogP contribution in [-0.4, -0.2) is 30.4 Å². The van der Waals surface area contributed by atoms with Crippen LogP contribution in [0.1, 0.15) is 50.8 Å². The van der Waals surface area contributed by atoms with Crippen LogP contribution in [0.4, 0.5) is 0 Å². The molecule has 2 aromatic rings. The standard InChI is InChI=1S/C16H20N2O4/c1-9-14(16(20)21-4)11(3)18-15(9)12(19)8-17-10(2)13-6-5-7-22-13/h5-7,10,17-18H,8H2,1-4H3/t10-/m1/s1. The minimum atomic E-state index is -0.442. The molecule has 0 spiro atoms. The van der Waals surface area contributed by atoms with Crippen LogP contribution in [0.5, 0.6) is 0 Å². The summed E-state index contributed by atoms with van der Waals surface area (Å²) in [6.45, 7) is 5.54. The number of hydrogen-bond acceptors (Lipinski definition) is 5. The van der Waals surface area contributed by atoms with E-state index in [0.717, 1.165) is 5.76 Å². The van der Waals surface area contributed by atoms with Crippen molar-refractivity contribution in [2.75, 3.05) is 13.7 Å². The minimum Gasteiger partial charge on any atom is -0.468 e. The molecule has 0 radical (unpaired) electrons. The summed E-state index contributed by atoms with van der Waals surface area (Å²) in [5.74, 6) is 0.207. The number of aryl methyl sites for hydroxylation is 1. The molecule has 0 amide bonds. The number of carbonyl (C=O) groups is 2. The van der Waals surface area contributed by atoms with E-state index in [9.17, 15) is 9.59 Å². The van der Waals surface area contributed by atoms with Crippen molar-refractivity contribution >= 4 is 11.8 Å². The zero-order chi connectivity index (χ0) is 16.3. The first-order valence-electron chi connectivity index (χ1n) is 7.03. The van der Waals surface area contributed by atoms with Crippen LogP contribution in [0.3, 0.4) is 0 Å². The van der Waals surface area contributed by atoms with Crippen molar-refractivity contribution < 1.29 is 18.7 Å². The molecule has 0 aliphatic rings. The van der Waals surface area contributed by atoms with Gasteiger partial charge >= 0.3 is 5.97 Å². The van der Waals surface area contributed by atoms with Crippen LogP contribution >= 0.6 is 0 Å². The molecule has 0 fully saturated rings. The van der Waals surface area contributed by atoms with Gasteiger partial charge in [0, 0.05) is 5.69 Å². The van der Waals surface area contributed by atoms with Gasteiger partial charge in [0.1, 0.15) is 5.76 Å². The Balaban J connectivity index is 2.09. The lowest BCUT2D eigenvalue weighted by atomic mass is 10.1. The molecule has 2 aromatic heterocycles. The lowest BCUT2D eigenvalue weighted by Crippen LogP contribution is -2.26. The summed E-state index contributed by atoms with van der Waals surface area (Å²) in [6.07, 6.45) is 1.59. The van der Waals surface area contributed by atoms with E-state index in [0.29, 0.717) is 22.5 Å². The number of H-pyrrole nitrogens is 1. The SMILES string of the molecule is COC(=O)c1c(C)[nH]c(C(=O)CN[C@H](C)c2ccco2)c1C. The zero-order valence-electron chi connectivity index (χ0n) is 13.1. The molecule has 22 heavy (non-hydrogen) atoms. The second-order valence-electron chi connectivity index (χ2n) is 5.16. The number of methoxy groups -OCH3 is 1. The topological polar surface area (TPSA) is 84.3 Å². The molecule has 2 heterocycles. The van der Waals surface area contributed by atoms with Crippen molar-refractivity contribution in [2.45, 2.75) is 26.8 Å². The average Bonchev–Trinajstić information content (AvgIpc) is 3.12. The first-order chi connectivity index (χ1) is 10.5. The van der Waals surface area contributed by atoms with Gasteiger partial charge in [-0.25, -0.2) is 4.79 Å². The van der Waals surface area contributed by atoms with E-state index in [1.54, 1.807) is 26.2 Å². The third-order valence-corrected chi connectivity index (χ3v) is 3.64. The molecule has 0 saturated carbocycles. The predicted molar refractivity (Wildman–Crippen MR) is 81.1 cm³/mol. The number of aromatic nitrogens is 1. The number of Topliss-reactive ketones (excluding diaryl/α,β-unsaturated/α-hetero) is 1. The zero-order valence-corrected chi connectivity index (χ0v) is 13.1. The van der Waals surface area contributed by atoms with Crippen LogP contribution in [0, 0.1) is 13.8 Å². The Hall–Kier alpha value is -2.34. The van der Waals surface area contributed by atoms with Gasteiger partial charge in [-0.1, -0.05) is 0 Å². The Morgan fingerprint density at radius 2 is 2.14 bits per heavy atom. The smallest absolute Gasteiger partial charge is 0.339 e. The highest BCUT2D eigenvalue weighted by Crippen LogP contribution is 2.19. The van der Waals surface area contributed by atoms with Gasteiger partial charge in [0.15, 0.2) is 5.78 Å². The lowest BCUT2D eigenvalue weighted by Gasteiger charge is -2.10. The number of furan rings is 1. The molecule has 118 valence electrons. The Morgan fingerprint density at radius 3 is 2.73 bits per heavy atom. The number of aromatic amines is 1. The Labute approximate surface area is 128 Å². The monoisotopic (exact) mass is 304 g/mol. The van der Waals surface area contributed by atoms with Crippen LogP contribution in [-0.2, 0) is 4.74 Å². The molecular formula is C16H20N2O4. The minimum absolute atomic E-state index is 0.0737. The second-order valence-corrected chi connectivity index (χ2v) is 5.16. The molecule has 2 rings (SSSR count). The molecule has 0 bridgehead atoms. The highest BCUT2D eigenvalue weighted by molar-refractivity contribution is 6.02. The maximum Gasteiger partial charge on any atom is 0.339 e. The van der Waals surface area contributed by atoms with E-state index in [2.05, 4.69) is 10.3 Å². The van der Waals surface area contributed by atoms with Crippen LogP contribution < -0.4 is 5.32 Å². The van der Waals surface area contributed by atoms with Crippen molar-refractivity contribution in [3.8, 4) is 0 Å². The third kappa shape index (κ3) is 3.12. The predicted octanol–water partition coefficient (Wildman–Crippen LogP) is 2.54. The highest BCUT2D eigenvalue weighted by Gasteiger charge is 2.22. The number of esters is 1. The van der Waals surface area contributed by atoms with Crippen LogP contribution in [0.2, 0.25) is 0 Å². The van der Waals surface area contributed by atoms with E-state index in [-0.39, 0.29) is 18.4 Å². The van der Waals surface area contributed by atoms with Gasteiger partial charge in [-0.2, -0.15) is 0 Å². The van der Waals surface area contributed by atoms with Crippen molar-refractivity contribution in [3.05, 3.63) is 46.7 Å². The Kier molecular flexibility index (Phi) is 4.82. The Bertz CT molecular complexity index is 671. The molecule has 1 atom stereocenters. The maximum absolute atomic E-state index is 12.3. The molecule has 0 aliphatic carbocycles. The fourth-order valence-corrected chi connectivity index (χ4v) is 2.41. The van der Waals surface area contributed by atoms with Gasteiger partial charge in [0.05, 0.1) is 37.2 Å². The van der Waals surface area contributed by atoms with E-state index < -0.39 is 5.97 Å². The summed E-state index contributed by atoms with van der Waals surface area (Å²) in [7, 11) is 1.32. The van der Waals surface area contributed by atoms with Crippen molar-refractivity contribution in [3.63, 3.8) is 0 Å². The van der Waals surface area contributed by atoms with Gasteiger partial charge in [0.2, 0.25) is 0 Å². The quantitative estimate of drug-likeness (QED) is 0.633. The highest BCUT2D eigenvalue weighted by atomic mass is 16.5. The summed E-state index contributed by atoms with van der Waals surface area (Å²) in [5, 5.41) is 3.10. The summed E-state index contributed by atoms with van der Waals surface area (Å²) < 4.78 is 10.0. The second kappa shape index (κ2) is 6.62. The number of ketones is 1. The number of nitrogens with one attached hydrogen (secondary N) is 2. The van der Waals surface area contributed by atoms with Gasteiger partial charge in [-0.3, -0.25) is 4.79 Å². The van der Waals surface area contributed by atoms with Crippen LogP contribution in [0.25, 0.3) is 0 Å². The van der Waals surface area contributed by atoms with Crippen molar-refractivity contribution in [2.24, 2.45) is 0 Å². The number of carbonyl (C=O) groups excluding carboxylic acids is 2. The molecule has 6 nitrogen and oxygen atoms in total. The van der Waals surface area contributed by atoms with Gasteiger partial charge in [-0.05, 0) is 38.5 Å². The number of ether oxygens (including phenoxy) is 1.